The van der Waals surface area contributed by atoms with Gasteiger partial charge >= 0.3 is 0 Å². The first-order valence-corrected chi connectivity index (χ1v) is 14.0. The van der Waals surface area contributed by atoms with E-state index in [2.05, 4.69) is 54.5 Å². The van der Waals surface area contributed by atoms with E-state index in [0.717, 1.165) is 67.6 Å². The minimum absolute atomic E-state index is 0.250. The number of fused-ring (bicyclic) bond motifs is 1. The Kier molecular flexibility index (Phi) is 9.45. The summed E-state index contributed by atoms with van der Waals surface area (Å²) in [7, 11) is 2.14. The van der Waals surface area contributed by atoms with Gasteiger partial charge in [0.2, 0.25) is 0 Å². The van der Waals surface area contributed by atoms with Crippen LogP contribution in [0.15, 0.2) is 34.9 Å². The molecule has 38 heavy (non-hydrogen) atoms. The fourth-order valence-electron chi connectivity index (χ4n) is 4.77. The molecule has 0 unspecified atom stereocenters. The van der Waals surface area contributed by atoms with Gasteiger partial charge in [0, 0.05) is 25.7 Å². The van der Waals surface area contributed by atoms with E-state index in [0.29, 0.717) is 36.8 Å². The number of carbonyl (C=O) groups is 1. The first kappa shape index (κ1) is 27.7. The van der Waals surface area contributed by atoms with Gasteiger partial charge in [0.1, 0.15) is 11.5 Å². The summed E-state index contributed by atoms with van der Waals surface area (Å²) in [5, 5.41) is 7.17. The zero-order valence-electron chi connectivity index (χ0n) is 23.5. The molecule has 3 aromatic rings. The third-order valence-corrected chi connectivity index (χ3v) is 6.98. The molecular weight excluding hydrogens is 478 g/mol. The van der Waals surface area contributed by atoms with Crippen molar-refractivity contribution in [1.82, 2.24) is 15.4 Å². The van der Waals surface area contributed by atoms with Crippen molar-refractivity contribution in [2.45, 2.75) is 66.3 Å². The number of aromatic nitrogens is 1. The molecule has 1 amide bonds. The van der Waals surface area contributed by atoms with Crippen LogP contribution in [0.5, 0.6) is 11.5 Å². The molecule has 0 aliphatic carbocycles. The van der Waals surface area contributed by atoms with Crippen LogP contribution in [0, 0.1) is 6.92 Å². The van der Waals surface area contributed by atoms with Crippen molar-refractivity contribution < 1.29 is 18.8 Å². The average Bonchev–Trinajstić information content (AvgIpc) is 3.35. The lowest BCUT2D eigenvalue weighted by atomic mass is 9.92. The number of rotatable bonds is 12. The molecule has 0 bridgehead atoms. The standard InChI is InChI=1S/C31H41N3O4/c1-6-9-15-36-26-19-27(37-16-10-7-2)25(17-21(26)4)30-28(29(33-38-30)31(35)32-8-3)23-11-12-24-20-34(5)14-13-22(24)18-23/h11-12,17-19H,6-10,13-16,20H2,1-5H3,(H,32,35). The number of likely N-dealkylation sites (N-methyl/N-ethyl adjacent to an activating group) is 1. The lowest BCUT2D eigenvalue weighted by molar-refractivity contribution is 0.0947. The maximum atomic E-state index is 13.1. The summed E-state index contributed by atoms with van der Waals surface area (Å²) in [6.45, 7) is 11.9. The number of carbonyl (C=O) groups excluding carboxylic acids is 1. The van der Waals surface area contributed by atoms with E-state index in [1.807, 2.05) is 26.0 Å². The molecule has 1 aliphatic heterocycles. The number of amides is 1. The molecular formula is C31H41N3O4. The summed E-state index contributed by atoms with van der Waals surface area (Å²) in [6.07, 6.45) is 4.99. The Morgan fingerprint density at radius 1 is 1.03 bits per heavy atom. The second-order valence-electron chi connectivity index (χ2n) is 10.1. The second-order valence-corrected chi connectivity index (χ2v) is 10.1. The van der Waals surface area contributed by atoms with Gasteiger partial charge in [-0.25, -0.2) is 0 Å². The Morgan fingerprint density at radius 3 is 2.47 bits per heavy atom. The van der Waals surface area contributed by atoms with E-state index in [1.54, 1.807) is 0 Å². The summed E-state index contributed by atoms with van der Waals surface area (Å²) >= 11 is 0. The first-order chi connectivity index (χ1) is 18.5. The lowest BCUT2D eigenvalue weighted by Crippen LogP contribution is -2.26. The molecule has 1 aromatic heterocycles. The molecule has 4 rings (SSSR count). The van der Waals surface area contributed by atoms with Gasteiger partial charge in [-0.05, 0) is 68.5 Å². The smallest absolute Gasteiger partial charge is 0.274 e. The maximum Gasteiger partial charge on any atom is 0.274 e. The molecule has 2 aromatic carbocycles. The normalized spacial score (nSPS) is 13.3. The Hall–Kier alpha value is -3.32. The molecule has 1 N–H and O–H groups in total. The molecule has 0 saturated heterocycles. The van der Waals surface area contributed by atoms with Gasteiger partial charge in [0.05, 0.1) is 24.3 Å². The fourth-order valence-corrected chi connectivity index (χ4v) is 4.77. The van der Waals surface area contributed by atoms with E-state index < -0.39 is 0 Å². The van der Waals surface area contributed by atoms with Crippen LogP contribution in [-0.2, 0) is 13.0 Å². The van der Waals surface area contributed by atoms with Gasteiger partial charge < -0.3 is 24.2 Å². The highest BCUT2D eigenvalue weighted by atomic mass is 16.5. The van der Waals surface area contributed by atoms with Crippen LogP contribution in [0.3, 0.4) is 0 Å². The van der Waals surface area contributed by atoms with Crippen LogP contribution in [0.1, 0.15) is 73.6 Å². The third kappa shape index (κ3) is 6.21. The molecule has 0 saturated carbocycles. The van der Waals surface area contributed by atoms with Crippen molar-refractivity contribution in [1.29, 1.82) is 0 Å². The Balaban J connectivity index is 1.84. The van der Waals surface area contributed by atoms with Gasteiger partial charge in [-0.15, -0.1) is 0 Å². The van der Waals surface area contributed by atoms with E-state index in [9.17, 15) is 4.79 Å². The third-order valence-electron chi connectivity index (χ3n) is 6.98. The SMILES string of the molecule is CCCCOc1cc(OCCCC)c(-c2onc(C(=O)NCC)c2-c2ccc3c(c2)CCN(C)C3)cc1C. The number of ether oxygens (including phenoxy) is 2. The number of nitrogens with zero attached hydrogens (tertiary/aromatic N) is 2. The first-order valence-electron chi connectivity index (χ1n) is 14.0. The quantitative estimate of drug-likeness (QED) is 0.279. The molecule has 0 spiro atoms. The summed E-state index contributed by atoms with van der Waals surface area (Å²) in [4.78, 5) is 15.4. The van der Waals surface area contributed by atoms with Crippen molar-refractivity contribution in [3.8, 4) is 33.9 Å². The number of hydrogen-bond acceptors (Lipinski definition) is 6. The topological polar surface area (TPSA) is 76.8 Å². The molecule has 0 fully saturated rings. The zero-order valence-corrected chi connectivity index (χ0v) is 23.5. The molecule has 0 atom stereocenters. The Bertz CT molecular complexity index is 1250. The summed E-state index contributed by atoms with van der Waals surface area (Å²) in [5.41, 5.74) is 6.27. The van der Waals surface area contributed by atoms with Gasteiger partial charge in [0.25, 0.3) is 5.91 Å². The van der Waals surface area contributed by atoms with E-state index in [-0.39, 0.29) is 11.6 Å². The van der Waals surface area contributed by atoms with Gasteiger partial charge in [-0.1, -0.05) is 50.0 Å². The lowest BCUT2D eigenvalue weighted by Gasteiger charge is -2.25. The van der Waals surface area contributed by atoms with Crippen LogP contribution in [0.25, 0.3) is 22.5 Å². The molecule has 7 nitrogen and oxygen atoms in total. The number of nitrogens with one attached hydrogen (secondary N) is 1. The minimum Gasteiger partial charge on any atom is -0.493 e. The van der Waals surface area contributed by atoms with Gasteiger partial charge in [-0.3, -0.25) is 4.79 Å². The molecule has 7 heteroatoms. The highest BCUT2D eigenvalue weighted by Gasteiger charge is 2.28. The number of unbranched alkanes of at least 4 members (excludes halogenated alkanes) is 2. The summed E-state index contributed by atoms with van der Waals surface area (Å²) in [6, 6.07) is 10.4. The highest BCUT2D eigenvalue weighted by molar-refractivity contribution is 6.02. The van der Waals surface area contributed by atoms with Crippen LogP contribution >= 0.6 is 0 Å². The van der Waals surface area contributed by atoms with Crippen LogP contribution in [0.4, 0.5) is 0 Å². The molecule has 0 radical (unpaired) electrons. The highest BCUT2D eigenvalue weighted by Crippen LogP contribution is 2.43. The summed E-state index contributed by atoms with van der Waals surface area (Å²) in [5.74, 6) is 1.76. The number of hydrogen-bond donors (Lipinski definition) is 1. The zero-order chi connectivity index (χ0) is 27.1. The van der Waals surface area contributed by atoms with Crippen molar-refractivity contribution in [2.24, 2.45) is 0 Å². The number of aryl methyl sites for hydroxylation is 1. The number of benzene rings is 2. The van der Waals surface area contributed by atoms with E-state index >= 15 is 0 Å². The van der Waals surface area contributed by atoms with E-state index in [1.165, 1.54) is 11.1 Å². The summed E-state index contributed by atoms with van der Waals surface area (Å²) < 4.78 is 18.3. The second kappa shape index (κ2) is 13.0. The van der Waals surface area contributed by atoms with Crippen LogP contribution in [0.2, 0.25) is 0 Å². The predicted molar refractivity (Wildman–Crippen MR) is 151 cm³/mol. The molecule has 2 heterocycles. The Labute approximate surface area is 226 Å². The van der Waals surface area contributed by atoms with Crippen LogP contribution in [-0.4, -0.2) is 49.3 Å². The average molecular weight is 520 g/mol. The van der Waals surface area contributed by atoms with Gasteiger partial charge in [0.15, 0.2) is 11.5 Å². The van der Waals surface area contributed by atoms with Crippen molar-refractivity contribution >= 4 is 5.91 Å². The predicted octanol–water partition coefficient (Wildman–Crippen LogP) is 6.41. The van der Waals surface area contributed by atoms with Crippen LogP contribution < -0.4 is 14.8 Å². The van der Waals surface area contributed by atoms with Gasteiger partial charge in [-0.2, -0.15) is 0 Å². The fraction of sp³-hybridized carbons (Fsp3) is 0.484. The van der Waals surface area contributed by atoms with Crippen molar-refractivity contribution in [3.05, 3.63) is 52.7 Å². The maximum absolute atomic E-state index is 13.1. The largest absolute Gasteiger partial charge is 0.493 e. The van der Waals surface area contributed by atoms with Crippen molar-refractivity contribution in [2.75, 3.05) is 33.4 Å². The monoisotopic (exact) mass is 519 g/mol. The minimum atomic E-state index is -0.250. The Morgan fingerprint density at radius 2 is 1.76 bits per heavy atom. The molecule has 1 aliphatic rings. The van der Waals surface area contributed by atoms with E-state index in [4.69, 9.17) is 14.0 Å². The molecule has 204 valence electrons. The van der Waals surface area contributed by atoms with Crippen molar-refractivity contribution in [3.63, 3.8) is 0 Å².